The molecule has 0 aromatic heterocycles. The Bertz CT molecular complexity index is 811. The first-order valence-electron chi connectivity index (χ1n) is 8.77. The van der Waals surface area contributed by atoms with E-state index in [9.17, 15) is 27.9 Å². The number of hydrogen-bond donors (Lipinski definition) is 3. The molecule has 3 N–H and O–H groups in total. The SMILES string of the molecule is CC(=O)NS(=O)(=O)c1ccc(NC(=O)CC2(CC(=O)O)CCCCC2)cc1. The molecule has 0 aliphatic heterocycles. The second-order valence-electron chi connectivity index (χ2n) is 7.04. The van der Waals surface area contributed by atoms with Crippen molar-refractivity contribution in [1.82, 2.24) is 4.72 Å². The summed E-state index contributed by atoms with van der Waals surface area (Å²) in [5, 5.41) is 11.9. The molecule has 1 aromatic carbocycles. The van der Waals surface area contributed by atoms with Crippen LogP contribution in [0.1, 0.15) is 51.9 Å². The monoisotopic (exact) mass is 396 g/mol. The minimum absolute atomic E-state index is 0.0334. The molecule has 27 heavy (non-hydrogen) atoms. The van der Waals surface area contributed by atoms with Crippen LogP contribution in [0.25, 0.3) is 0 Å². The Hall–Kier alpha value is -2.42. The Balaban J connectivity index is 2.04. The van der Waals surface area contributed by atoms with Gasteiger partial charge in [-0.15, -0.1) is 0 Å². The molecule has 148 valence electrons. The number of carbonyl (C=O) groups is 3. The van der Waals surface area contributed by atoms with Gasteiger partial charge in [0, 0.05) is 19.0 Å². The van der Waals surface area contributed by atoms with E-state index < -0.39 is 27.3 Å². The Morgan fingerprint density at radius 3 is 2.15 bits per heavy atom. The van der Waals surface area contributed by atoms with Crippen molar-refractivity contribution in [3.05, 3.63) is 24.3 Å². The number of rotatable bonds is 7. The van der Waals surface area contributed by atoms with E-state index in [1.54, 1.807) is 0 Å². The highest BCUT2D eigenvalue weighted by Gasteiger charge is 2.36. The molecular weight excluding hydrogens is 372 g/mol. The molecule has 8 nitrogen and oxygen atoms in total. The fraction of sp³-hybridized carbons (Fsp3) is 0.500. The zero-order valence-electron chi connectivity index (χ0n) is 15.2. The lowest BCUT2D eigenvalue weighted by Gasteiger charge is -2.35. The van der Waals surface area contributed by atoms with Gasteiger partial charge in [0.2, 0.25) is 11.8 Å². The third-order valence-corrected chi connectivity index (χ3v) is 6.15. The van der Waals surface area contributed by atoms with E-state index in [1.165, 1.54) is 24.3 Å². The number of carboxylic acids is 1. The number of sulfonamides is 1. The second kappa shape index (κ2) is 8.51. The number of carboxylic acid groups (broad SMARTS) is 1. The molecule has 0 spiro atoms. The topological polar surface area (TPSA) is 130 Å². The molecule has 2 rings (SSSR count). The van der Waals surface area contributed by atoms with Crippen LogP contribution < -0.4 is 10.0 Å². The van der Waals surface area contributed by atoms with Gasteiger partial charge in [-0.1, -0.05) is 19.3 Å². The van der Waals surface area contributed by atoms with Crippen LogP contribution in [0.2, 0.25) is 0 Å². The van der Waals surface area contributed by atoms with Gasteiger partial charge in [-0.05, 0) is 42.5 Å². The summed E-state index contributed by atoms with van der Waals surface area (Å²) < 4.78 is 25.7. The predicted octanol–water partition coefficient (Wildman–Crippen LogP) is 2.27. The molecule has 0 unspecified atom stereocenters. The van der Waals surface area contributed by atoms with Gasteiger partial charge in [0.1, 0.15) is 0 Å². The van der Waals surface area contributed by atoms with E-state index >= 15 is 0 Å². The third kappa shape index (κ3) is 6.06. The zero-order valence-corrected chi connectivity index (χ0v) is 16.0. The lowest BCUT2D eigenvalue weighted by Crippen LogP contribution is -2.32. The van der Waals surface area contributed by atoms with E-state index in [4.69, 9.17) is 0 Å². The van der Waals surface area contributed by atoms with Crippen LogP contribution >= 0.6 is 0 Å². The molecule has 0 atom stereocenters. The number of nitrogens with one attached hydrogen (secondary N) is 2. The van der Waals surface area contributed by atoms with Crippen LogP contribution in [-0.2, 0) is 24.4 Å². The van der Waals surface area contributed by atoms with Gasteiger partial charge < -0.3 is 10.4 Å². The number of benzene rings is 1. The maximum absolute atomic E-state index is 12.4. The maximum Gasteiger partial charge on any atom is 0.303 e. The van der Waals surface area contributed by atoms with E-state index in [0.717, 1.165) is 26.2 Å². The second-order valence-corrected chi connectivity index (χ2v) is 8.72. The minimum atomic E-state index is -3.93. The van der Waals surface area contributed by atoms with Gasteiger partial charge in [0.05, 0.1) is 11.3 Å². The normalized spacial score (nSPS) is 16.3. The minimum Gasteiger partial charge on any atom is -0.481 e. The van der Waals surface area contributed by atoms with Crippen molar-refractivity contribution in [2.45, 2.75) is 56.8 Å². The van der Waals surface area contributed by atoms with Crippen LogP contribution in [0.5, 0.6) is 0 Å². The molecule has 0 bridgehead atoms. The fourth-order valence-electron chi connectivity index (χ4n) is 3.55. The molecule has 0 saturated heterocycles. The van der Waals surface area contributed by atoms with Crippen molar-refractivity contribution in [2.24, 2.45) is 5.41 Å². The van der Waals surface area contributed by atoms with E-state index in [2.05, 4.69) is 5.32 Å². The standard InChI is InChI=1S/C18H24N2O6S/c1-13(21)20-27(25,26)15-7-5-14(6-8-15)19-16(22)11-18(12-17(23)24)9-3-2-4-10-18/h5-8H,2-4,9-12H2,1H3,(H,19,22)(H,20,21)(H,23,24). The van der Waals surface area contributed by atoms with Crippen LogP contribution in [-0.4, -0.2) is 31.3 Å². The van der Waals surface area contributed by atoms with Gasteiger partial charge in [0.15, 0.2) is 0 Å². The molecule has 9 heteroatoms. The molecule has 1 fully saturated rings. The third-order valence-electron chi connectivity index (χ3n) is 4.70. The van der Waals surface area contributed by atoms with Crippen molar-refractivity contribution in [3.63, 3.8) is 0 Å². The van der Waals surface area contributed by atoms with Crippen molar-refractivity contribution in [1.29, 1.82) is 0 Å². The van der Waals surface area contributed by atoms with E-state index in [0.29, 0.717) is 18.5 Å². The Kier molecular flexibility index (Phi) is 6.59. The average Bonchev–Trinajstić information content (AvgIpc) is 2.53. The number of carbonyl (C=O) groups excluding carboxylic acids is 2. The Morgan fingerprint density at radius 2 is 1.63 bits per heavy atom. The number of hydrogen-bond acceptors (Lipinski definition) is 5. The highest BCUT2D eigenvalue weighted by molar-refractivity contribution is 7.90. The molecule has 1 aromatic rings. The number of amides is 2. The molecule has 1 aliphatic rings. The van der Waals surface area contributed by atoms with Gasteiger partial charge in [-0.3, -0.25) is 14.4 Å². The summed E-state index contributed by atoms with van der Waals surface area (Å²) in [6.45, 7) is 1.10. The van der Waals surface area contributed by atoms with Crippen molar-refractivity contribution in [3.8, 4) is 0 Å². The maximum atomic E-state index is 12.4. The molecule has 2 amide bonds. The average molecular weight is 396 g/mol. The predicted molar refractivity (Wildman–Crippen MR) is 98.5 cm³/mol. The summed E-state index contributed by atoms with van der Waals surface area (Å²) in [4.78, 5) is 34.5. The number of aliphatic carboxylic acids is 1. The molecule has 0 heterocycles. The highest BCUT2D eigenvalue weighted by Crippen LogP contribution is 2.42. The summed E-state index contributed by atoms with van der Waals surface area (Å²) in [6, 6.07) is 5.43. The van der Waals surface area contributed by atoms with Gasteiger partial charge in [-0.25, -0.2) is 13.1 Å². The summed E-state index contributed by atoms with van der Waals surface area (Å²) in [5.41, 5.74) is -0.119. The summed E-state index contributed by atoms with van der Waals surface area (Å²) in [7, 11) is -3.93. The smallest absolute Gasteiger partial charge is 0.303 e. The van der Waals surface area contributed by atoms with E-state index in [1.807, 2.05) is 4.72 Å². The summed E-state index contributed by atoms with van der Waals surface area (Å²) in [6.07, 6.45) is 4.38. The van der Waals surface area contributed by atoms with Gasteiger partial charge in [-0.2, -0.15) is 0 Å². The molecular formula is C18H24N2O6S. The van der Waals surface area contributed by atoms with Crippen molar-refractivity contribution >= 4 is 33.5 Å². The van der Waals surface area contributed by atoms with Crippen LogP contribution in [0.4, 0.5) is 5.69 Å². The fourth-order valence-corrected chi connectivity index (χ4v) is 4.54. The largest absolute Gasteiger partial charge is 0.481 e. The first-order valence-corrected chi connectivity index (χ1v) is 10.3. The van der Waals surface area contributed by atoms with Crippen molar-refractivity contribution in [2.75, 3.05) is 5.32 Å². The van der Waals surface area contributed by atoms with Gasteiger partial charge in [0.25, 0.3) is 10.0 Å². The summed E-state index contributed by atoms with van der Waals surface area (Å²) >= 11 is 0. The zero-order chi connectivity index (χ0) is 20.1. The lowest BCUT2D eigenvalue weighted by molar-refractivity contribution is -0.141. The van der Waals surface area contributed by atoms with Gasteiger partial charge >= 0.3 is 5.97 Å². The van der Waals surface area contributed by atoms with E-state index in [-0.39, 0.29) is 23.6 Å². The molecule has 0 radical (unpaired) electrons. The lowest BCUT2D eigenvalue weighted by atomic mass is 9.69. The van der Waals surface area contributed by atoms with Crippen LogP contribution in [0, 0.1) is 5.41 Å². The first-order chi connectivity index (χ1) is 12.6. The Labute approximate surface area is 158 Å². The summed E-state index contributed by atoms with van der Waals surface area (Å²) in [5.74, 6) is -1.89. The quantitative estimate of drug-likeness (QED) is 0.648. The highest BCUT2D eigenvalue weighted by atomic mass is 32.2. The number of anilines is 1. The van der Waals surface area contributed by atoms with Crippen LogP contribution in [0.3, 0.4) is 0 Å². The molecule has 1 aliphatic carbocycles. The van der Waals surface area contributed by atoms with Crippen LogP contribution in [0.15, 0.2) is 29.2 Å². The van der Waals surface area contributed by atoms with Crippen molar-refractivity contribution < 1.29 is 27.9 Å². The first kappa shape index (κ1) is 20.9. The Morgan fingerprint density at radius 1 is 1.04 bits per heavy atom. The molecule has 1 saturated carbocycles.